The Kier molecular flexibility index (Phi) is 6.33. The number of fused-ring (bicyclic) bond motifs is 1. The molecule has 4 aromatic carbocycles. The summed E-state index contributed by atoms with van der Waals surface area (Å²) >= 11 is 0. The lowest BCUT2D eigenvalue weighted by atomic mass is 10.1. The fraction of sp³-hybridized carbons (Fsp3) is 0.115. The van der Waals surface area contributed by atoms with Crippen molar-refractivity contribution in [2.24, 2.45) is 0 Å². The molecule has 0 fully saturated rings. The number of hydrogen-bond donors (Lipinski definition) is 1. The molecule has 1 N–H and O–H groups in total. The lowest BCUT2D eigenvalue weighted by Gasteiger charge is -2.28. The number of nitrogens with zero attached hydrogens (tertiary/aromatic N) is 1. The number of benzene rings is 4. The molecular weight excluding hydrogens is 436 g/mol. The van der Waals surface area contributed by atoms with Crippen LogP contribution in [-0.4, -0.2) is 26.6 Å². The van der Waals surface area contributed by atoms with Crippen molar-refractivity contribution in [1.29, 1.82) is 0 Å². The van der Waals surface area contributed by atoms with Gasteiger partial charge in [0.05, 0.1) is 11.9 Å². The number of sulfonamides is 1. The summed E-state index contributed by atoms with van der Waals surface area (Å²) in [7, 11) is -3.73. The molecule has 1 amide bonds. The molecule has 6 nitrogen and oxygen atoms in total. The van der Waals surface area contributed by atoms with Crippen LogP contribution < -0.4 is 14.4 Å². The summed E-state index contributed by atoms with van der Waals surface area (Å²) in [6.07, 6.45) is 1.08. The second kappa shape index (κ2) is 9.34. The van der Waals surface area contributed by atoms with Gasteiger partial charge in [-0.1, -0.05) is 48.5 Å². The molecule has 0 aliphatic carbocycles. The van der Waals surface area contributed by atoms with E-state index in [1.807, 2.05) is 66.7 Å². The van der Waals surface area contributed by atoms with Crippen LogP contribution in [0.4, 0.5) is 11.4 Å². The maximum absolute atomic E-state index is 13.0. The van der Waals surface area contributed by atoms with E-state index in [0.29, 0.717) is 22.9 Å². The zero-order valence-corrected chi connectivity index (χ0v) is 19.1. The zero-order valence-electron chi connectivity index (χ0n) is 18.3. The molecule has 0 heterocycles. The molecule has 4 rings (SSSR count). The molecule has 168 valence electrons. The number of hydrogen-bond acceptors (Lipinski definition) is 4. The maximum Gasteiger partial charge on any atom is 0.247 e. The van der Waals surface area contributed by atoms with Gasteiger partial charge < -0.3 is 10.1 Å². The Hall–Kier alpha value is -3.84. The van der Waals surface area contributed by atoms with Crippen molar-refractivity contribution in [2.75, 3.05) is 15.9 Å². The minimum absolute atomic E-state index is 0.374. The highest BCUT2D eigenvalue weighted by Gasteiger charge is 2.29. The molecule has 7 heteroatoms. The molecule has 0 aliphatic heterocycles. The van der Waals surface area contributed by atoms with Crippen LogP contribution in [-0.2, 0) is 14.8 Å². The predicted octanol–water partition coefficient (Wildman–Crippen LogP) is 5.43. The number of carbonyl (C=O) groups excluding carboxylic acids is 1. The van der Waals surface area contributed by atoms with E-state index < -0.39 is 22.0 Å². The molecule has 0 aromatic heterocycles. The van der Waals surface area contributed by atoms with Crippen molar-refractivity contribution >= 4 is 38.1 Å². The average molecular weight is 461 g/mol. The van der Waals surface area contributed by atoms with Crippen LogP contribution in [0.1, 0.15) is 6.92 Å². The maximum atomic E-state index is 13.0. The van der Waals surface area contributed by atoms with Gasteiger partial charge in [0.15, 0.2) is 0 Å². The van der Waals surface area contributed by atoms with Gasteiger partial charge >= 0.3 is 0 Å². The van der Waals surface area contributed by atoms with E-state index >= 15 is 0 Å². The van der Waals surface area contributed by atoms with Crippen LogP contribution in [0.2, 0.25) is 0 Å². The Morgan fingerprint density at radius 2 is 1.42 bits per heavy atom. The summed E-state index contributed by atoms with van der Waals surface area (Å²) < 4.78 is 32.1. The summed E-state index contributed by atoms with van der Waals surface area (Å²) in [5.41, 5.74) is 0.977. The summed E-state index contributed by atoms with van der Waals surface area (Å²) in [4.78, 5) is 13.0. The van der Waals surface area contributed by atoms with E-state index in [1.54, 1.807) is 37.3 Å². The fourth-order valence-corrected chi connectivity index (χ4v) is 4.78. The second-order valence-electron chi connectivity index (χ2n) is 7.69. The SMILES string of the molecule is C[C@@H](C(=O)Nc1ccc2ccccc2c1)N(c1ccc(Oc2ccccc2)cc1)S(C)(=O)=O. The number of amides is 1. The molecule has 0 saturated carbocycles. The highest BCUT2D eigenvalue weighted by molar-refractivity contribution is 7.92. The number of para-hydroxylation sites is 1. The van der Waals surface area contributed by atoms with Gasteiger partial charge in [0.25, 0.3) is 0 Å². The third-order valence-corrected chi connectivity index (χ3v) is 6.42. The molecule has 33 heavy (non-hydrogen) atoms. The number of nitrogens with one attached hydrogen (secondary N) is 1. The molecule has 0 saturated heterocycles. The van der Waals surface area contributed by atoms with Crippen LogP contribution in [0.25, 0.3) is 10.8 Å². The monoisotopic (exact) mass is 460 g/mol. The van der Waals surface area contributed by atoms with E-state index in [-0.39, 0.29) is 0 Å². The number of anilines is 2. The van der Waals surface area contributed by atoms with Crippen molar-refractivity contribution in [3.63, 3.8) is 0 Å². The summed E-state index contributed by atoms with van der Waals surface area (Å²) in [5, 5.41) is 4.87. The van der Waals surface area contributed by atoms with E-state index in [2.05, 4.69) is 5.32 Å². The third-order valence-electron chi connectivity index (χ3n) is 5.18. The van der Waals surface area contributed by atoms with Gasteiger partial charge in [-0.2, -0.15) is 0 Å². The molecule has 0 aliphatic rings. The van der Waals surface area contributed by atoms with E-state index in [9.17, 15) is 13.2 Å². The Balaban J connectivity index is 1.54. The minimum atomic E-state index is -3.73. The van der Waals surface area contributed by atoms with Crippen LogP contribution in [0.3, 0.4) is 0 Å². The summed E-state index contributed by atoms with van der Waals surface area (Å²) in [6.45, 7) is 1.56. The largest absolute Gasteiger partial charge is 0.457 e. The third kappa shape index (κ3) is 5.32. The van der Waals surface area contributed by atoms with Crippen LogP contribution >= 0.6 is 0 Å². The van der Waals surface area contributed by atoms with Gasteiger partial charge in [0, 0.05) is 5.69 Å². The fourth-order valence-electron chi connectivity index (χ4n) is 3.61. The van der Waals surface area contributed by atoms with Gasteiger partial charge in [-0.3, -0.25) is 9.10 Å². The zero-order chi connectivity index (χ0) is 23.4. The van der Waals surface area contributed by atoms with Gasteiger partial charge in [-0.05, 0) is 66.2 Å². The van der Waals surface area contributed by atoms with Crippen LogP contribution in [0, 0.1) is 0 Å². The molecule has 0 spiro atoms. The van der Waals surface area contributed by atoms with Gasteiger partial charge in [-0.15, -0.1) is 0 Å². The lowest BCUT2D eigenvalue weighted by Crippen LogP contribution is -2.45. The second-order valence-corrected chi connectivity index (χ2v) is 9.55. The van der Waals surface area contributed by atoms with Gasteiger partial charge in [0.1, 0.15) is 17.5 Å². The standard InChI is InChI=1S/C26H24N2O4S/c1-19(26(29)27-22-13-12-20-8-6-7-9-21(20)18-22)28(33(2,30)31)23-14-16-25(17-15-23)32-24-10-4-3-5-11-24/h3-19H,1-2H3,(H,27,29)/t19-/m0/s1. The predicted molar refractivity (Wildman–Crippen MR) is 132 cm³/mol. The quantitative estimate of drug-likeness (QED) is 0.399. The molecule has 4 aromatic rings. The first-order chi connectivity index (χ1) is 15.8. The van der Waals surface area contributed by atoms with E-state index in [4.69, 9.17) is 4.74 Å². The smallest absolute Gasteiger partial charge is 0.247 e. The molecule has 0 bridgehead atoms. The van der Waals surface area contributed by atoms with Crippen molar-refractivity contribution in [2.45, 2.75) is 13.0 Å². The first-order valence-electron chi connectivity index (χ1n) is 10.4. The van der Waals surface area contributed by atoms with E-state index in [1.165, 1.54) is 0 Å². The summed E-state index contributed by atoms with van der Waals surface area (Å²) in [5.74, 6) is 0.806. The Morgan fingerprint density at radius 3 is 2.09 bits per heavy atom. The van der Waals surface area contributed by atoms with Crippen molar-refractivity contribution in [3.05, 3.63) is 97.1 Å². The molecule has 1 atom stereocenters. The van der Waals surface area contributed by atoms with Gasteiger partial charge in [0.2, 0.25) is 15.9 Å². The van der Waals surface area contributed by atoms with Crippen LogP contribution in [0.15, 0.2) is 97.1 Å². The van der Waals surface area contributed by atoms with Crippen molar-refractivity contribution < 1.29 is 17.9 Å². The molecular formula is C26H24N2O4S. The Bertz CT molecular complexity index is 1370. The lowest BCUT2D eigenvalue weighted by molar-refractivity contribution is -0.116. The topological polar surface area (TPSA) is 75.7 Å². The summed E-state index contributed by atoms with van der Waals surface area (Å²) in [6, 6.07) is 28.3. The number of rotatable bonds is 7. The highest BCUT2D eigenvalue weighted by Crippen LogP contribution is 2.27. The van der Waals surface area contributed by atoms with Crippen molar-refractivity contribution in [3.8, 4) is 11.5 Å². The van der Waals surface area contributed by atoms with Crippen LogP contribution in [0.5, 0.6) is 11.5 Å². The van der Waals surface area contributed by atoms with E-state index in [0.717, 1.165) is 21.3 Å². The average Bonchev–Trinajstić information content (AvgIpc) is 2.80. The molecule has 0 radical (unpaired) electrons. The Morgan fingerprint density at radius 1 is 0.818 bits per heavy atom. The number of ether oxygens (including phenoxy) is 1. The molecule has 0 unspecified atom stereocenters. The number of carbonyl (C=O) groups is 1. The Labute approximate surface area is 193 Å². The van der Waals surface area contributed by atoms with Gasteiger partial charge in [-0.25, -0.2) is 8.42 Å². The normalized spacial score (nSPS) is 12.2. The first-order valence-corrected chi connectivity index (χ1v) is 12.3. The van der Waals surface area contributed by atoms with Crippen molar-refractivity contribution in [1.82, 2.24) is 0 Å². The first kappa shape index (κ1) is 22.4. The minimum Gasteiger partial charge on any atom is -0.457 e. The highest BCUT2D eigenvalue weighted by atomic mass is 32.2.